The van der Waals surface area contributed by atoms with E-state index in [1.165, 1.54) is 12.1 Å². The van der Waals surface area contributed by atoms with E-state index in [1.54, 1.807) is 26.4 Å². The van der Waals surface area contributed by atoms with Gasteiger partial charge in [-0.2, -0.15) is 0 Å². The van der Waals surface area contributed by atoms with E-state index < -0.39 is 11.4 Å². The summed E-state index contributed by atoms with van der Waals surface area (Å²) in [5, 5.41) is 12.1. The number of aromatic carboxylic acids is 1. The molecule has 1 fully saturated rings. The quantitative estimate of drug-likeness (QED) is 0.808. The lowest BCUT2D eigenvalue weighted by Gasteiger charge is -2.29. The van der Waals surface area contributed by atoms with Gasteiger partial charge in [-0.1, -0.05) is 25.0 Å². The minimum absolute atomic E-state index is 0.130. The number of rotatable bonds is 6. The third kappa shape index (κ3) is 3.60. The van der Waals surface area contributed by atoms with Gasteiger partial charge in [0.05, 0.1) is 25.2 Å². The molecule has 2 aromatic carbocycles. The lowest BCUT2D eigenvalue weighted by Crippen LogP contribution is -2.38. The zero-order valence-corrected chi connectivity index (χ0v) is 15.5. The molecule has 0 aromatic heterocycles. The van der Waals surface area contributed by atoms with Crippen LogP contribution < -0.4 is 14.8 Å². The second-order valence-electron chi connectivity index (χ2n) is 6.70. The third-order valence-corrected chi connectivity index (χ3v) is 5.20. The Kier molecular flexibility index (Phi) is 5.35. The molecule has 142 valence electrons. The van der Waals surface area contributed by atoms with Gasteiger partial charge in [0.25, 0.3) is 0 Å². The van der Waals surface area contributed by atoms with Crippen molar-refractivity contribution in [3.05, 3.63) is 53.6 Å². The largest absolute Gasteiger partial charge is 0.493 e. The highest BCUT2D eigenvalue weighted by Gasteiger charge is 2.43. The summed E-state index contributed by atoms with van der Waals surface area (Å²) < 4.78 is 10.7. The Hall–Kier alpha value is -3.02. The Bertz CT molecular complexity index is 855. The molecule has 1 saturated carbocycles. The zero-order valence-electron chi connectivity index (χ0n) is 15.5. The van der Waals surface area contributed by atoms with Gasteiger partial charge in [0, 0.05) is 5.69 Å². The van der Waals surface area contributed by atoms with E-state index in [9.17, 15) is 9.59 Å². The van der Waals surface area contributed by atoms with E-state index in [0.717, 1.165) is 31.2 Å². The summed E-state index contributed by atoms with van der Waals surface area (Å²) in [5.74, 6) is 0.0437. The molecule has 0 spiro atoms. The van der Waals surface area contributed by atoms with Gasteiger partial charge in [-0.3, -0.25) is 4.79 Å². The van der Waals surface area contributed by atoms with Crippen LogP contribution in [-0.2, 0) is 10.2 Å². The van der Waals surface area contributed by atoms with E-state index >= 15 is 0 Å². The second-order valence-corrected chi connectivity index (χ2v) is 6.70. The standard InChI is InChI=1S/C21H23NO5/c1-26-17-9-8-15(13-18(17)27-2)21(10-3-4-11-21)20(25)22-16-7-5-6-14(12-16)19(23)24/h5-9,12-13H,3-4,10-11H2,1-2H3,(H,22,25)(H,23,24). The molecule has 6 heteroatoms. The number of benzene rings is 2. The molecule has 0 heterocycles. The number of nitrogens with one attached hydrogen (secondary N) is 1. The van der Waals surface area contributed by atoms with Gasteiger partial charge in [0.2, 0.25) is 5.91 Å². The van der Waals surface area contributed by atoms with E-state index in [1.807, 2.05) is 18.2 Å². The maximum Gasteiger partial charge on any atom is 0.335 e. The molecule has 6 nitrogen and oxygen atoms in total. The highest BCUT2D eigenvalue weighted by atomic mass is 16.5. The molecule has 0 radical (unpaired) electrons. The van der Waals surface area contributed by atoms with Crippen molar-refractivity contribution < 1.29 is 24.2 Å². The molecule has 1 amide bonds. The van der Waals surface area contributed by atoms with Crippen molar-refractivity contribution >= 4 is 17.6 Å². The van der Waals surface area contributed by atoms with Crippen LogP contribution in [0.25, 0.3) is 0 Å². The summed E-state index contributed by atoms with van der Waals surface area (Å²) in [6.07, 6.45) is 3.37. The van der Waals surface area contributed by atoms with Crippen LogP contribution in [0.1, 0.15) is 41.6 Å². The predicted octanol–water partition coefficient (Wildman–Crippen LogP) is 3.85. The van der Waals surface area contributed by atoms with Gasteiger partial charge >= 0.3 is 5.97 Å². The zero-order chi connectivity index (χ0) is 19.4. The number of hydrogen-bond donors (Lipinski definition) is 2. The topological polar surface area (TPSA) is 84.9 Å². The van der Waals surface area contributed by atoms with Gasteiger partial charge in [-0.05, 0) is 48.7 Å². The number of carbonyl (C=O) groups excluding carboxylic acids is 1. The van der Waals surface area contributed by atoms with Crippen LogP contribution in [0.3, 0.4) is 0 Å². The van der Waals surface area contributed by atoms with Crippen molar-refractivity contribution in [1.29, 1.82) is 0 Å². The van der Waals surface area contributed by atoms with Crippen LogP contribution in [0.4, 0.5) is 5.69 Å². The highest BCUT2D eigenvalue weighted by Crippen LogP contribution is 2.44. The normalized spacial score (nSPS) is 15.2. The molecule has 1 aliphatic carbocycles. The number of carboxylic acids is 1. The Balaban J connectivity index is 1.94. The van der Waals surface area contributed by atoms with E-state index in [0.29, 0.717) is 17.2 Å². The van der Waals surface area contributed by atoms with Crippen molar-refractivity contribution in [2.45, 2.75) is 31.1 Å². The van der Waals surface area contributed by atoms with Crippen LogP contribution in [0, 0.1) is 0 Å². The number of carbonyl (C=O) groups is 2. The van der Waals surface area contributed by atoms with Crippen LogP contribution in [0.15, 0.2) is 42.5 Å². The first-order valence-electron chi connectivity index (χ1n) is 8.87. The number of carboxylic acid groups (broad SMARTS) is 1. The molecule has 0 atom stereocenters. The summed E-state index contributed by atoms with van der Waals surface area (Å²) in [6.45, 7) is 0. The Labute approximate surface area is 158 Å². The Morgan fingerprint density at radius 1 is 1.00 bits per heavy atom. The van der Waals surface area contributed by atoms with E-state index in [-0.39, 0.29) is 11.5 Å². The highest BCUT2D eigenvalue weighted by molar-refractivity contribution is 6.00. The lowest BCUT2D eigenvalue weighted by atomic mass is 9.77. The van der Waals surface area contributed by atoms with E-state index in [2.05, 4.69) is 5.32 Å². The monoisotopic (exact) mass is 369 g/mol. The molecule has 0 bridgehead atoms. The van der Waals surface area contributed by atoms with Crippen molar-refractivity contribution in [3.8, 4) is 11.5 Å². The number of anilines is 1. The van der Waals surface area contributed by atoms with Gasteiger partial charge < -0.3 is 19.9 Å². The molecule has 1 aliphatic rings. The van der Waals surface area contributed by atoms with Gasteiger partial charge in [-0.15, -0.1) is 0 Å². The predicted molar refractivity (Wildman–Crippen MR) is 102 cm³/mol. The fourth-order valence-corrected chi connectivity index (χ4v) is 3.74. The molecule has 0 aliphatic heterocycles. The first-order valence-corrected chi connectivity index (χ1v) is 8.87. The van der Waals surface area contributed by atoms with Crippen molar-refractivity contribution in [2.24, 2.45) is 0 Å². The average molecular weight is 369 g/mol. The van der Waals surface area contributed by atoms with Crippen molar-refractivity contribution in [1.82, 2.24) is 0 Å². The van der Waals surface area contributed by atoms with E-state index in [4.69, 9.17) is 14.6 Å². The fraction of sp³-hybridized carbons (Fsp3) is 0.333. The third-order valence-electron chi connectivity index (χ3n) is 5.20. The SMILES string of the molecule is COc1ccc(C2(C(=O)Nc3cccc(C(=O)O)c3)CCCC2)cc1OC. The van der Waals surface area contributed by atoms with Gasteiger partial charge in [0.15, 0.2) is 11.5 Å². The minimum atomic E-state index is -1.03. The summed E-state index contributed by atoms with van der Waals surface area (Å²) in [7, 11) is 3.14. The molecule has 2 N–H and O–H groups in total. The first kappa shape index (κ1) is 18.8. The number of methoxy groups -OCH3 is 2. The maximum absolute atomic E-state index is 13.2. The lowest BCUT2D eigenvalue weighted by molar-refractivity contribution is -0.121. The minimum Gasteiger partial charge on any atom is -0.493 e. The molecule has 0 unspecified atom stereocenters. The van der Waals surface area contributed by atoms with Crippen LogP contribution >= 0.6 is 0 Å². The molecular weight excluding hydrogens is 346 g/mol. The van der Waals surface area contributed by atoms with Gasteiger partial charge in [-0.25, -0.2) is 4.79 Å². The number of ether oxygens (including phenoxy) is 2. The molecular formula is C21H23NO5. The fourth-order valence-electron chi connectivity index (χ4n) is 3.74. The van der Waals surface area contributed by atoms with Crippen LogP contribution in [-0.4, -0.2) is 31.2 Å². The van der Waals surface area contributed by atoms with Crippen LogP contribution in [0.5, 0.6) is 11.5 Å². The van der Waals surface area contributed by atoms with Gasteiger partial charge in [0.1, 0.15) is 0 Å². The molecule has 27 heavy (non-hydrogen) atoms. The summed E-state index contributed by atoms with van der Waals surface area (Å²) in [4.78, 5) is 24.4. The summed E-state index contributed by atoms with van der Waals surface area (Å²) in [5.41, 5.74) is 0.828. The number of hydrogen-bond acceptors (Lipinski definition) is 4. The van der Waals surface area contributed by atoms with Crippen molar-refractivity contribution in [2.75, 3.05) is 19.5 Å². The van der Waals surface area contributed by atoms with Crippen molar-refractivity contribution in [3.63, 3.8) is 0 Å². The first-order chi connectivity index (χ1) is 13.0. The average Bonchev–Trinajstić information content (AvgIpc) is 3.18. The summed E-state index contributed by atoms with van der Waals surface area (Å²) in [6, 6.07) is 11.9. The Morgan fingerprint density at radius 2 is 1.70 bits per heavy atom. The molecule has 2 aromatic rings. The summed E-state index contributed by atoms with van der Waals surface area (Å²) >= 11 is 0. The Morgan fingerprint density at radius 3 is 2.33 bits per heavy atom. The molecule has 0 saturated heterocycles. The smallest absolute Gasteiger partial charge is 0.335 e. The van der Waals surface area contributed by atoms with Crippen LogP contribution in [0.2, 0.25) is 0 Å². The maximum atomic E-state index is 13.2. The molecule has 3 rings (SSSR count). The second kappa shape index (κ2) is 7.70. The number of amides is 1.